The second-order valence-electron chi connectivity index (χ2n) is 4.76. The number of carbonyl (C=O) groups is 1. The molecule has 1 aromatic rings. The molecule has 3 N–H and O–H groups in total. The Bertz CT molecular complexity index is 585. The minimum absolute atomic E-state index is 0.0450. The third kappa shape index (κ3) is 5.73. The Morgan fingerprint density at radius 1 is 1.33 bits per heavy atom. The number of methoxy groups -OCH3 is 1. The number of rotatable bonds is 8. The number of ether oxygens (including phenoxy) is 1. The first kappa shape index (κ1) is 17.5. The van der Waals surface area contributed by atoms with E-state index < -0.39 is 10.0 Å². The molecule has 0 heterocycles. The lowest BCUT2D eigenvalue weighted by molar-refractivity contribution is -0.121. The highest BCUT2D eigenvalue weighted by Crippen LogP contribution is 2.23. The molecule has 0 radical (unpaired) electrons. The van der Waals surface area contributed by atoms with Gasteiger partial charge in [0.1, 0.15) is 10.6 Å². The van der Waals surface area contributed by atoms with E-state index in [1.54, 1.807) is 6.07 Å². The van der Waals surface area contributed by atoms with Crippen LogP contribution >= 0.6 is 0 Å². The third-order valence-corrected chi connectivity index (χ3v) is 3.96. The summed E-state index contributed by atoms with van der Waals surface area (Å²) in [5.74, 6) is 0.145. The number of nitrogens with one attached hydrogen (secondary N) is 1. The molecule has 1 aromatic carbocycles. The molecule has 0 aliphatic rings. The maximum absolute atomic E-state index is 11.6. The Labute approximate surface area is 125 Å². The molecule has 0 unspecified atom stereocenters. The normalized spacial score (nSPS) is 11.2. The lowest BCUT2D eigenvalue weighted by Crippen LogP contribution is -2.22. The Kier molecular flexibility index (Phi) is 6.64. The fourth-order valence-corrected chi connectivity index (χ4v) is 2.63. The number of benzene rings is 1. The fraction of sp³-hybridized carbons (Fsp3) is 0.500. The monoisotopic (exact) mass is 314 g/mol. The molecule has 0 bridgehead atoms. The van der Waals surface area contributed by atoms with Crippen LogP contribution in [0.2, 0.25) is 0 Å². The number of sulfonamides is 1. The third-order valence-electron chi connectivity index (χ3n) is 3.03. The maximum atomic E-state index is 11.6. The molecule has 21 heavy (non-hydrogen) atoms. The van der Waals surface area contributed by atoms with Gasteiger partial charge in [0.05, 0.1) is 7.11 Å². The quantitative estimate of drug-likeness (QED) is 0.711. The molecule has 1 rings (SSSR count). The summed E-state index contributed by atoms with van der Waals surface area (Å²) in [6.45, 7) is 2.33. The topological polar surface area (TPSA) is 98.5 Å². The number of unbranched alkanes of at least 4 members (excludes halogenated alkanes) is 2. The SMILES string of the molecule is CCCCCC(=O)NCc1ccc(OC)c(S(N)(=O)=O)c1. The van der Waals surface area contributed by atoms with Gasteiger partial charge in [0.2, 0.25) is 15.9 Å². The van der Waals surface area contributed by atoms with Crippen molar-refractivity contribution in [3.05, 3.63) is 23.8 Å². The van der Waals surface area contributed by atoms with Gasteiger partial charge in [0.25, 0.3) is 0 Å². The van der Waals surface area contributed by atoms with E-state index in [2.05, 4.69) is 12.2 Å². The van der Waals surface area contributed by atoms with Crippen molar-refractivity contribution in [2.24, 2.45) is 5.14 Å². The number of nitrogens with two attached hydrogens (primary N) is 1. The molecule has 118 valence electrons. The lowest BCUT2D eigenvalue weighted by Gasteiger charge is -2.10. The zero-order valence-electron chi connectivity index (χ0n) is 12.4. The van der Waals surface area contributed by atoms with E-state index in [9.17, 15) is 13.2 Å². The Balaban J connectivity index is 2.71. The van der Waals surface area contributed by atoms with Gasteiger partial charge in [-0.15, -0.1) is 0 Å². The van der Waals surface area contributed by atoms with Crippen molar-refractivity contribution < 1.29 is 17.9 Å². The van der Waals surface area contributed by atoms with Gasteiger partial charge in [0.15, 0.2) is 0 Å². The van der Waals surface area contributed by atoms with Crippen LogP contribution in [-0.4, -0.2) is 21.4 Å². The standard InChI is InChI=1S/C14H22N2O4S/c1-3-4-5-6-14(17)16-10-11-7-8-12(20-2)13(9-11)21(15,18)19/h7-9H,3-6,10H2,1-2H3,(H,16,17)(H2,15,18,19). The predicted octanol–water partition coefficient (Wildman–Crippen LogP) is 1.54. The van der Waals surface area contributed by atoms with Crippen molar-refractivity contribution in [2.75, 3.05) is 7.11 Å². The van der Waals surface area contributed by atoms with Crippen molar-refractivity contribution in [3.63, 3.8) is 0 Å². The predicted molar refractivity (Wildman–Crippen MR) is 80.4 cm³/mol. The Morgan fingerprint density at radius 2 is 2.05 bits per heavy atom. The molecule has 0 saturated heterocycles. The molecule has 0 aliphatic heterocycles. The van der Waals surface area contributed by atoms with E-state index in [0.29, 0.717) is 12.0 Å². The second kappa shape index (κ2) is 7.99. The summed E-state index contributed by atoms with van der Waals surface area (Å²) in [4.78, 5) is 11.5. The van der Waals surface area contributed by atoms with Gasteiger partial charge in [-0.1, -0.05) is 25.8 Å². The van der Waals surface area contributed by atoms with Crippen molar-refractivity contribution in [2.45, 2.75) is 44.0 Å². The van der Waals surface area contributed by atoms with Crippen LogP contribution in [0.3, 0.4) is 0 Å². The van der Waals surface area contributed by atoms with Crippen LogP contribution < -0.4 is 15.2 Å². The van der Waals surface area contributed by atoms with Gasteiger partial charge in [-0.25, -0.2) is 13.6 Å². The first-order chi connectivity index (χ1) is 9.88. The second-order valence-corrected chi connectivity index (χ2v) is 6.29. The number of hydrogen-bond acceptors (Lipinski definition) is 4. The summed E-state index contributed by atoms with van der Waals surface area (Å²) < 4.78 is 27.9. The highest BCUT2D eigenvalue weighted by Gasteiger charge is 2.15. The van der Waals surface area contributed by atoms with Crippen LogP contribution in [0.25, 0.3) is 0 Å². The zero-order valence-corrected chi connectivity index (χ0v) is 13.2. The van der Waals surface area contributed by atoms with E-state index in [0.717, 1.165) is 19.3 Å². The minimum atomic E-state index is -3.86. The molecule has 0 aliphatic carbocycles. The number of amides is 1. The summed E-state index contributed by atoms with van der Waals surface area (Å²) in [5, 5.41) is 7.90. The van der Waals surface area contributed by atoms with Crippen LogP contribution in [0, 0.1) is 0 Å². The zero-order chi connectivity index (χ0) is 15.9. The summed E-state index contributed by atoms with van der Waals surface area (Å²) in [6.07, 6.45) is 3.41. The molecular weight excluding hydrogens is 292 g/mol. The van der Waals surface area contributed by atoms with Crippen LogP contribution in [0.5, 0.6) is 5.75 Å². The van der Waals surface area contributed by atoms with E-state index in [1.165, 1.54) is 19.2 Å². The van der Waals surface area contributed by atoms with Gasteiger partial charge < -0.3 is 10.1 Å². The van der Waals surface area contributed by atoms with Gasteiger partial charge in [-0.3, -0.25) is 4.79 Å². The number of carbonyl (C=O) groups excluding carboxylic acids is 1. The van der Waals surface area contributed by atoms with Gasteiger partial charge >= 0.3 is 0 Å². The first-order valence-corrected chi connectivity index (χ1v) is 8.39. The maximum Gasteiger partial charge on any atom is 0.241 e. The number of primary sulfonamides is 1. The van der Waals surface area contributed by atoms with Gasteiger partial charge in [-0.2, -0.15) is 0 Å². The Hall–Kier alpha value is -1.60. The molecule has 0 aromatic heterocycles. The first-order valence-electron chi connectivity index (χ1n) is 6.85. The van der Waals surface area contributed by atoms with Crippen molar-refractivity contribution >= 4 is 15.9 Å². The molecule has 6 nitrogen and oxygen atoms in total. The largest absolute Gasteiger partial charge is 0.495 e. The lowest BCUT2D eigenvalue weighted by atomic mass is 10.2. The van der Waals surface area contributed by atoms with Gasteiger partial charge in [-0.05, 0) is 24.1 Å². The van der Waals surface area contributed by atoms with Crippen molar-refractivity contribution in [3.8, 4) is 5.75 Å². The van der Waals surface area contributed by atoms with Crippen LogP contribution in [-0.2, 0) is 21.4 Å². The number of hydrogen-bond donors (Lipinski definition) is 2. The molecule has 1 amide bonds. The summed E-state index contributed by atoms with van der Waals surface area (Å²) >= 11 is 0. The molecule has 0 atom stereocenters. The smallest absolute Gasteiger partial charge is 0.241 e. The van der Waals surface area contributed by atoms with Crippen LogP contribution in [0.4, 0.5) is 0 Å². The summed E-state index contributed by atoms with van der Waals surface area (Å²) in [6, 6.07) is 4.64. The minimum Gasteiger partial charge on any atom is -0.495 e. The average molecular weight is 314 g/mol. The van der Waals surface area contributed by atoms with Crippen molar-refractivity contribution in [1.82, 2.24) is 5.32 Å². The summed E-state index contributed by atoms with van der Waals surface area (Å²) in [7, 11) is -2.49. The molecule has 7 heteroatoms. The van der Waals surface area contributed by atoms with E-state index in [1.807, 2.05) is 0 Å². The molecule has 0 saturated carbocycles. The van der Waals surface area contributed by atoms with E-state index in [4.69, 9.17) is 9.88 Å². The summed E-state index contributed by atoms with van der Waals surface area (Å²) in [5.41, 5.74) is 0.656. The van der Waals surface area contributed by atoms with Crippen LogP contribution in [0.15, 0.2) is 23.1 Å². The molecule has 0 spiro atoms. The van der Waals surface area contributed by atoms with E-state index >= 15 is 0 Å². The fourth-order valence-electron chi connectivity index (χ4n) is 1.88. The van der Waals surface area contributed by atoms with Crippen molar-refractivity contribution in [1.29, 1.82) is 0 Å². The highest BCUT2D eigenvalue weighted by atomic mass is 32.2. The highest BCUT2D eigenvalue weighted by molar-refractivity contribution is 7.89. The Morgan fingerprint density at radius 3 is 2.62 bits per heavy atom. The van der Waals surface area contributed by atoms with Gasteiger partial charge in [0, 0.05) is 13.0 Å². The molecular formula is C14H22N2O4S. The average Bonchev–Trinajstić information content (AvgIpc) is 2.44. The van der Waals surface area contributed by atoms with E-state index in [-0.39, 0.29) is 23.1 Å². The van der Waals surface area contributed by atoms with Crippen LogP contribution in [0.1, 0.15) is 38.2 Å². The molecule has 0 fully saturated rings.